The van der Waals surface area contributed by atoms with Gasteiger partial charge in [-0.3, -0.25) is 9.59 Å². The number of esters is 1. The van der Waals surface area contributed by atoms with Gasteiger partial charge in [0, 0.05) is 7.05 Å². The number of imidazole rings is 1. The molecule has 1 aromatic heterocycles. The number of hydrogen-bond acceptors (Lipinski definition) is 5. The molecule has 1 unspecified atom stereocenters. The summed E-state index contributed by atoms with van der Waals surface area (Å²) in [6, 6.07) is 8.11. The smallest absolute Gasteiger partial charge is 0.323 e. The number of thioether (sulfide) groups is 1. The normalized spacial score (nSPS) is 11.8. The summed E-state index contributed by atoms with van der Waals surface area (Å²) in [5.74, 6) is 0.276. The zero-order chi connectivity index (χ0) is 23.9. The Bertz CT molecular complexity index is 853. The summed E-state index contributed by atoms with van der Waals surface area (Å²) in [4.78, 5) is 27.9. The Kier molecular flexibility index (Phi) is 12.7. The topological polar surface area (TPSA) is 73.2 Å². The first-order valence-electron chi connectivity index (χ1n) is 12.2. The van der Waals surface area contributed by atoms with E-state index in [1.54, 1.807) is 10.8 Å². The highest BCUT2D eigenvalue weighted by molar-refractivity contribution is 8.00. The van der Waals surface area contributed by atoms with Gasteiger partial charge in [-0.1, -0.05) is 101 Å². The molecule has 0 aliphatic carbocycles. The molecular formula is C26H39N3O3S. The van der Waals surface area contributed by atoms with Crippen LogP contribution in [-0.4, -0.2) is 29.0 Å². The summed E-state index contributed by atoms with van der Waals surface area (Å²) in [5.41, 5.74) is 2.15. The molecule has 1 N–H and O–H groups in total. The fraction of sp³-hybridized carbons (Fsp3) is 0.577. The van der Waals surface area contributed by atoms with Gasteiger partial charge in [-0.15, -0.1) is 0 Å². The van der Waals surface area contributed by atoms with Gasteiger partial charge in [0.25, 0.3) is 0 Å². The number of nitrogens with zero attached hydrogens (tertiary/aromatic N) is 2. The van der Waals surface area contributed by atoms with Crippen LogP contribution in [0, 0.1) is 0 Å². The average Bonchev–Trinajstić information content (AvgIpc) is 3.17. The molecule has 0 saturated carbocycles. The van der Waals surface area contributed by atoms with Crippen LogP contribution in [0.5, 0.6) is 0 Å². The van der Waals surface area contributed by atoms with Crippen molar-refractivity contribution in [2.24, 2.45) is 7.05 Å². The number of methoxy groups -OCH3 is 1. The molecule has 1 aromatic carbocycles. The van der Waals surface area contributed by atoms with E-state index >= 15 is 0 Å². The lowest BCUT2D eigenvalue weighted by Crippen LogP contribution is -2.14. The summed E-state index contributed by atoms with van der Waals surface area (Å²) >= 11 is 1.34. The van der Waals surface area contributed by atoms with Gasteiger partial charge < -0.3 is 14.6 Å². The van der Waals surface area contributed by atoms with Gasteiger partial charge in [-0.2, -0.15) is 0 Å². The largest absolute Gasteiger partial charge is 0.468 e. The van der Waals surface area contributed by atoms with Crippen molar-refractivity contribution >= 4 is 30.0 Å². The number of ether oxygens (including phenoxy) is 1. The van der Waals surface area contributed by atoms with Crippen LogP contribution in [0.4, 0.5) is 5.82 Å². The third kappa shape index (κ3) is 8.88. The van der Waals surface area contributed by atoms with Crippen molar-refractivity contribution in [2.75, 3.05) is 12.4 Å². The number of anilines is 1. The first kappa shape index (κ1) is 27.0. The van der Waals surface area contributed by atoms with Gasteiger partial charge in [0.05, 0.1) is 13.3 Å². The van der Waals surface area contributed by atoms with E-state index in [9.17, 15) is 9.59 Å². The van der Waals surface area contributed by atoms with E-state index in [1.165, 1.54) is 82.2 Å². The van der Waals surface area contributed by atoms with E-state index in [0.717, 1.165) is 18.4 Å². The van der Waals surface area contributed by atoms with Gasteiger partial charge in [-0.05, 0) is 24.0 Å². The lowest BCUT2D eigenvalue weighted by atomic mass is 9.98. The summed E-state index contributed by atoms with van der Waals surface area (Å²) < 4.78 is 6.89. The summed E-state index contributed by atoms with van der Waals surface area (Å²) in [5, 5.41) is 2.74. The SMILES string of the molecule is CCCCCCCCCCCCc1ccccc1C(Sc1ncc(NC=O)n1C)C(=O)OC. The second-order valence-electron chi connectivity index (χ2n) is 8.40. The number of benzene rings is 1. The molecule has 0 saturated heterocycles. The van der Waals surface area contributed by atoms with E-state index in [4.69, 9.17) is 4.74 Å². The van der Waals surface area contributed by atoms with Crippen LogP contribution in [0.25, 0.3) is 0 Å². The zero-order valence-electron chi connectivity index (χ0n) is 20.3. The van der Waals surface area contributed by atoms with Gasteiger partial charge in [0.1, 0.15) is 11.1 Å². The summed E-state index contributed by atoms with van der Waals surface area (Å²) in [6.07, 6.45) is 16.2. The van der Waals surface area contributed by atoms with Crippen molar-refractivity contribution in [2.45, 2.75) is 88.0 Å². The maximum absolute atomic E-state index is 12.7. The Balaban J connectivity index is 1.94. The molecule has 0 fully saturated rings. The number of rotatable bonds is 17. The van der Waals surface area contributed by atoms with Gasteiger partial charge in [0.15, 0.2) is 5.16 Å². The minimum Gasteiger partial charge on any atom is -0.468 e. The molecule has 0 bridgehead atoms. The number of amides is 1. The van der Waals surface area contributed by atoms with Crippen molar-refractivity contribution in [3.63, 3.8) is 0 Å². The molecule has 2 aromatic rings. The lowest BCUT2D eigenvalue weighted by Gasteiger charge is -2.18. The molecule has 1 heterocycles. The first-order valence-corrected chi connectivity index (χ1v) is 13.0. The Morgan fingerprint density at radius 1 is 1.09 bits per heavy atom. The van der Waals surface area contributed by atoms with Crippen LogP contribution in [0.3, 0.4) is 0 Å². The summed E-state index contributed by atoms with van der Waals surface area (Å²) in [6.45, 7) is 2.26. The highest BCUT2D eigenvalue weighted by Crippen LogP contribution is 2.38. The van der Waals surface area contributed by atoms with Gasteiger partial charge >= 0.3 is 5.97 Å². The molecule has 0 spiro atoms. The number of unbranched alkanes of at least 4 members (excludes halogenated alkanes) is 9. The van der Waals surface area contributed by atoms with Gasteiger partial charge in [-0.25, -0.2) is 4.98 Å². The number of carbonyl (C=O) groups is 2. The molecule has 182 valence electrons. The summed E-state index contributed by atoms with van der Waals surface area (Å²) in [7, 11) is 3.23. The predicted molar refractivity (Wildman–Crippen MR) is 135 cm³/mol. The Hall–Kier alpha value is -2.28. The van der Waals surface area contributed by atoms with Crippen LogP contribution in [-0.2, 0) is 27.8 Å². The molecule has 0 aliphatic rings. The van der Waals surface area contributed by atoms with Crippen molar-refractivity contribution in [1.82, 2.24) is 9.55 Å². The number of carbonyl (C=O) groups excluding carboxylic acids is 2. The van der Waals surface area contributed by atoms with Crippen molar-refractivity contribution in [3.05, 3.63) is 41.6 Å². The van der Waals surface area contributed by atoms with E-state index in [0.29, 0.717) is 17.4 Å². The Morgan fingerprint density at radius 2 is 1.73 bits per heavy atom. The first-order chi connectivity index (χ1) is 16.1. The van der Waals surface area contributed by atoms with E-state index in [-0.39, 0.29) is 5.97 Å². The molecule has 7 heteroatoms. The zero-order valence-corrected chi connectivity index (χ0v) is 21.2. The third-order valence-electron chi connectivity index (χ3n) is 5.93. The maximum atomic E-state index is 12.7. The van der Waals surface area contributed by atoms with Crippen LogP contribution in [0.1, 0.15) is 87.5 Å². The van der Waals surface area contributed by atoms with Crippen LogP contribution < -0.4 is 5.32 Å². The Labute approximate surface area is 202 Å². The third-order valence-corrected chi connectivity index (χ3v) is 7.20. The fourth-order valence-corrected chi connectivity index (χ4v) is 5.10. The highest BCUT2D eigenvalue weighted by Gasteiger charge is 2.27. The molecule has 1 amide bonds. The number of aryl methyl sites for hydroxylation is 1. The standard InChI is InChI=1S/C26H39N3O3S/c1-4-5-6-7-8-9-10-11-12-13-16-21-17-14-15-18-22(21)24(25(31)32-3)33-26-27-19-23(28-20-30)29(26)2/h14-15,17-20,24H,4-13,16H2,1-3H3,(H,28,30). The second-order valence-corrected chi connectivity index (χ2v) is 9.47. The minimum absolute atomic E-state index is 0.302. The molecule has 6 nitrogen and oxygen atoms in total. The average molecular weight is 474 g/mol. The number of aromatic nitrogens is 2. The fourth-order valence-electron chi connectivity index (χ4n) is 3.97. The minimum atomic E-state index is -0.514. The van der Waals surface area contributed by atoms with E-state index in [1.807, 2.05) is 25.2 Å². The molecule has 2 rings (SSSR count). The van der Waals surface area contributed by atoms with Crippen LogP contribution in [0.15, 0.2) is 35.6 Å². The van der Waals surface area contributed by atoms with Crippen LogP contribution in [0.2, 0.25) is 0 Å². The highest BCUT2D eigenvalue weighted by atomic mass is 32.2. The molecule has 33 heavy (non-hydrogen) atoms. The Morgan fingerprint density at radius 3 is 2.36 bits per heavy atom. The van der Waals surface area contributed by atoms with E-state index in [2.05, 4.69) is 23.3 Å². The van der Waals surface area contributed by atoms with Gasteiger partial charge in [0.2, 0.25) is 6.41 Å². The lowest BCUT2D eigenvalue weighted by molar-refractivity contribution is -0.140. The maximum Gasteiger partial charge on any atom is 0.323 e. The molecule has 1 atom stereocenters. The second kappa shape index (κ2) is 15.5. The van der Waals surface area contributed by atoms with Crippen molar-refractivity contribution < 1.29 is 14.3 Å². The molecular weight excluding hydrogens is 434 g/mol. The number of hydrogen-bond donors (Lipinski definition) is 1. The molecule has 0 radical (unpaired) electrons. The van der Waals surface area contributed by atoms with Crippen molar-refractivity contribution in [1.29, 1.82) is 0 Å². The van der Waals surface area contributed by atoms with Crippen LogP contribution >= 0.6 is 11.8 Å². The predicted octanol–water partition coefficient (Wildman–Crippen LogP) is 6.46. The van der Waals surface area contributed by atoms with Crippen molar-refractivity contribution in [3.8, 4) is 0 Å². The molecule has 0 aliphatic heterocycles. The quantitative estimate of drug-likeness (QED) is 0.124. The number of nitrogens with one attached hydrogen (secondary N) is 1. The monoisotopic (exact) mass is 473 g/mol. The van der Waals surface area contributed by atoms with E-state index < -0.39 is 5.25 Å².